The summed E-state index contributed by atoms with van der Waals surface area (Å²) in [6.45, 7) is 3.69. The zero-order valence-corrected chi connectivity index (χ0v) is 12.8. The lowest BCUT2D eigenvalue weighted by atomic mass is 10.1. The molecule has 0 bridgehead atoms. The molecule has 0 unspecified atom stereocenters. The third-order valence-electron chi connectivity index (χ3n) is 3.09. The summed E-state index contributed by atoms with van der Waals surface area (Å²) >= 11 is 0. The van der Waals surface area contributed by atoms with Gasteiger partial charge in [-0.05, 0) is 12.5 Å². The first-order valence-corrected chi connectivity index (χ1v) is 7.07. The van der Waals surface area contributed by atoms with Crippen molar-refractivity contribution in [2.45, 2.75) is 13.5 Å². The van der Waals surface area contributed by atoms with Gasteiger partial charge in [0.05, 0.1) is 6.61 Å². The Bertz CT molecular complexity index is 614. The summed E-state index contributed by atoms with van der Waals surface area (Å²) in [5.41, 5.74) is 2.58. The Morgan fingerprint density at radius 2 is 2.00 bits per heavy atom. The topological polar surface area (TPSA) is 76.1 Å². The molecule has 2 aromatic rings. The molecule has 1 amide bonds. The number of methoxy groups -OCH3 is 1. The van der Waals surface area contributed by atoms with Gasteiger partial charge in [0.15, 0.2) is 0 Å². The lowest BCUT2D eigenvalue weighted by Crippen LogP contribution is -2.24. The summed E-state index contributed by atoms with van der Waals surface area (Å²) in [5.74, 6) is 0.380. The molecule has 0 fully saturated rings. The Kier molecular flexibility index (Phi) is 5.85. The van der Waals surface area contributed by atoms with Crippen molar-refractivity contribution < 1.29 is 9.53 Å². The summed E-state index contributed by atoms with van der Waals surface area (Å²) in [7, 11) is 1.63. The molecule has 0 radical (unpaired) electrons. The Morgan fingerprint density at radius 3 is 2.73 bits per heavy atom. The second kappa shape index (κ2) is 8.09. The molecular weight excluding hydrogens is 280 g/mol. The third-order valence-corrected chi connectivity index (χ3v) is 3.09. The second-order valence-corrected chi connectivity index (χ2v) is 4.88. The Morgan fingerprint density at radius 1 is 1.23 bits per heavy atom. The highest BCUT2D eigenvalue weighted by Crippen LogP contribution is 2.05. The van der Waals surface area contributed by atoms with E-state index in [9.17, 15) is 4.79 Å². The molecule has 0 saturated heterocycles. The van der Waals surface area contributed by atoms with E-state index in [1.807, 2.05) is 31.2 Å². The van der Waals surface area contributed by atoms with Gasteiger partial charge in [0, 0.05) is 26.3 Å². The molecule has 2 N–H and O–H groups in total. The van der Waals surface area contributed by atoms with Crippen LogP contribution in [0.5, 0.6) is 0 Å². The fourth-order valence-electron chi connectivity index (χ4n) is 1.84. The number of carbonyl (C=O) groups excluding carboxylic acids is 1. The van der Waals surface area contributed by atoms with E-state index in [0.717, 1.165) is 5.56 Å². The van der Waals surface area contributed by atoms with Crippen LogP contribution in [0.25, 0.3) is 0 Å². The molecule has 6 heteroatoms. The third kappa shape index (κ3) is 4.82. The second-order valence-electron chi connectivity index (χ2n) is 4.88. The van der Waals surface area contributed by atoms with Gasteiger partial charge in [-0.25, -0.2) is 9.97 Å². The highest BCUT2D eigenvalue weighted by atomic mass is 16.5. The fourth-order valence-corrected chi connectivity index (χ4v) is 1.84. The van der Waals surface area contributed by atoms with Crippen molar-refractivity contribution in [3.05, 3.63) is 53.5 Å². The summed E-state index contributed by atoms with van der Waals surface area (Å²) < 4.78 is 4.95. The van der Waals surface area contributed by atoms with Gasteiger partial charge >= 0.3 is 0 Å². The first-order valence-electron chi connectivity index (χ1n) is 7.07. The maximum atomic E-state index is 12.1. The van der Waals surface area contributed by atoms with Crippen molar-refractivity contribution in [1.82, 2.24) is 15.3 Å². The number of benzene rings is 1. The molecule has 1 aromatic heterocycles. The monoisotopic (exact) mass is 300 g/mol. The lowest BCUT2D eigenvalue weighted by molar-refractivity contribution is 0.0946. The minimum Gasteiger partial charge on any atom is -0.383 e. The predicted molar refractivity (Wildman–Crippen MR) is 84.7 cm³/mol. The fraction of sp³-hybridized carbons (Fsp3) is 0.312. The highest BCUT2D eigenvalue weighted by Gasteiger charge is 2.08. The zero-order chi connectivity index (χ0) is 15.8. The average molecular weight is 300 g/mol. The Balaban J connectivity index is 1.91. The molecule has 0 spiro atoms. The van der Waals surface area contributed by atoms with E-state index >= 15 is 0 Å². The standard InChI is InChI=1S/C16H20N4O2/c1-12-3-5-13(6-4-12)10-18-16(21)14-9-15(20-11-19-14)17-7-8-22-2/h3-6,9,11H,7-8,10H2,1-2H3,(H,18,21)(H,17,19,20). The Hall–Kier alpha value is -2.47. The number of ether oxygens (including phenoxy) is 1. The molecule has 116 valence electrons. The van der Waals surface area contributed by atoms with E-state index in [1.54, 1.807) is 13.2 Å². The van der Waals surface area contributed by atoms with Gasteiger partial charge in [0.25, 0.3) is 5.91 Å². The predicted octanol–water partition coefficient (Wildman–Crippen LogP) is 1.77. The van der Waals surface area contributed by atoms with Crippen molar-refractivity contribution in [2.75, 3.05) is 25.6 Å². The largest absolute Gasteiger partial charge is 0.383 e. The zero-order valence-electron chi connectivity index (χ0n) is 12.8. The van der Waals surface area contributed by atoms with Crippen molar-refractivity contribution in [3.8, 4) is 0 Å². The molecule has 22 heavy (non-hydrogen) atoms. The summed E-state index contributed by atoms with van der Waals surface area (Å²) in [6, 6.07) is 9.65. The molecule has 1 heterocycles. The molecule has 6 nitrogen and oxygen atoms in total. The molecule has 0 atom stereocenters. The van der Waals surface area contributed by atoms with Gasteiger partial charge in [-0.3, -0.25) is 4.79 Å². The minimum atomic E-state index is -0.224. The van der Waals surface area contributed by atoms with E-state index in [0.29, 0.717) is 31.2 Å². The van der Waals surface area contributed by atoms with Crippen LogP contribution < -0.4 is 10.6 Å². The van der Waals surface area contributed by atoms with Crippen LogP contribution in [0.4, 0.5) is 5.82 Å². The number of carbonyl (C=O) groups is 1. The van der Waals surface area contributed by atoms with Gasteiger partial charge in [0.1, 0.15) is 17.8 Å². The van der Waals surface area contributed by atoms with Crippen LogP contribution in [-0.4, -0.2) is 36.1 Å². The summed E-state index contributed by atoms with van der Waals surface area (Å²) in [6.07, 6.45) is 1.37. The van der Waals surface area contributed by atoms with Crippen LogP contribution in [0.2, 0.25) is 0 Å². The normalized spacial score (nSPS) is 10.3. The van der Waals surface area contributed by atoms with Crippen LogP contribution in [-0.2, 0) is 11.3 Å². The number of aryl methyl sites for hydroxylation is 1. The number of rotatable bonds is 7. The summed E-state index contributed by atoms with van der Waals surface area (Å²) in [4.78, 5) is 20.2. The summed E-state index contributed by atoms with van der Waals surface area (Å²) in [5, 5.41) is 5.91. The maximum Gasteiger partial charge on any atom is 0.270 e. The van der Waals surface area contributed by atoms with Crippen LogP contribution in [0.1, 0.15) is 21.6 Å². The van der Waals surface area contributed by atoms with Crippen molar-refractivity contribution >= 4 is 11.7 Å². The molecule has 0 aliphatic heterocycles. The molecule has 0 aliphatic rings. The minimum absolute atomic E-state index is 0.224. The van der Waals surface area contributed by atoms with E-state index in [1.165, 1.54) is 11.9 Å². The van der Waals surface area contributed by atoms with Crippen LogP contribution in [0.3, 0.4) is 0 Å². The Labute approximate surface area is 129 Å². The van der Waals surface area contributed by atoms with Gasteiger partial charge in [-0.15, -0.1) is 0 Å². The number of aromatic nitrogens is 2. The van der Waals surface area contributed by atoms with Gasteiger partial charge in [-0.2, -0.15) is 0 Å². The number of nitrogens with one attached hydrogen (secondary N) is 2. The molecule has 0 saturated carbocycles. The average Bonchev–Trinajstić information content (AvgIpc) is 2.54. The van der Waals surface area contributed by atoms with Crippen LogP contribution >= 0.6 is 0 Å². The first-order chi connectivity index (χ1) is 10.7. The van der Waals surface area contributed by atoms with Gasteiger partial charge in [-0.1, -0.05) is 29.8 Å². The lowest BCUT2D eigenvalue weighted by Gasteiger charge is -2.07. The first kappa shape index (κ1) is 15.9. The number of hydrogen-bond donors (Lipinski definition) is 2. The molecule has 0 aliphatic carbocycles. The molecule has 1 aromatic carbocycles. The SMILES string of the molecule is COCCNc1cc(C(=O)NCc2ccc(C)cc2)ncn1. The maximum absolute atomic E-state index is 12.1. The quantitative estimate of drug-likeness (QED) is 0.762. The van der Waals surface area contributed by atoms with Crippen LogP contribution in [0.15, 0.2) is 36.7 Å². The van der Waals surface area contributed by atoms with Gasteiger partial charge < -0.3 is 15.4 Å². The van der Waals surface area contributed by atoms with Crippen molar-refractivity contribution in [1.29, 1.82) is 0 Å². The van der Waals surface area contributed by atoms with Crippen LogP contribution in [0, 0.1) is 6.92 Å². The van der Waals surface area contributed by atoms with E-state index < -0.39 is 0 Å². The number of hydrogen-bond acceptors (Lipinski definition) is 5. The van der Waals surface area contributed by atoms with Crippen molar-refractivity contribution in [2.24, 2.45) is 0 Å². The molecular formula is C16H20N4O2. The molecule has 2 rings (SSSR count). The van der Waals surface area contributed by atoms with Gasteiger partial charge in [0.2, 0.25) is 0 Å². The number of amides is 1. The van der Waals surface area contributed by atoms with E-state index in [-0.39, 0.29) is 5.91 Å². The number of nitrogens with zero attached hydrogens (tertiary/aromatic N) is 2. The number of anilines is 1. The smallest absolute Gasteiger partial charge is 0.270 e. The van der Waals surface area contributed by atoms with Crippen molar-refractivity contribution in [3.63, 3.8) is 0 Å². The highest BCUT2D eigenvalue weighted by molar-refractivity contribution is 5.92. The van der Waals surface area contributed by atoms with E-state index in [2.05, 4.69) is 20.6 Å². The van der Waals surface area contributed by atoms with E-state index in [4.69, 9.17) is 4.74 Å².